The van der Waals surface area contributed by atoms with Crippen LogP contribution in [-0.4, -0.2) is 24.8 Å². The average molecular weight is 309 g/mol. The van der Waals surface area contributed by atoms with Crippen LogP contribution in [0.1, 0.15) is 19.8 Å². The number of pyridine rings is 1. The summed E-state index contributed by atoms with van der Waals surface area (Å²) in [5.41, 5.74) is 0. The fraction of sp³-hybridized carbons (Fsp3) is 0.545. The summed E-state index contributed by atoms with van der Waals surface area (Å²) in [7, 11) is 0. The second-order valence-electron chi connectivity index (χ2n) is 3.26. The lowest BCUT2D eigenvalue weighted by atomic mass is 10.4. The monoisotopic (exact) mass is 307 g/mol. The normalized spacial score (nSPS) is 10.4. The molecule has 0 aromatic carbocycles. The van der Waals surface area contributed by atoms with Crippen molar-refractivity contribution in [2.24, 2.45) is 0 Å². The van der Waals surface area contributed by atoms with Crippen LogP contribution in [0.4, 0.5) is 0 Å². The zero-order valence-corrected chi connectivity index (χ0v) is 11.6. The predicted molar refractivity (Wildman–Crippen MR) is 68.2 cm³/mol. The van der Waals surface area contributed by atoms with Gasteiger partial charge in [0.25, 0.3) is 0 Å². The second-order valence-corrected chi connectivity index (χ2v) is 4.53. The molecule has 1 rings (SSSR count). The molecule has 0 N–H and O–H groups in total. The molecule has 90 valence electrons. The van der Waals surface area contributed by atoms with Crippen molar-refractivity contribution in [1.29, 1.82) is 0 Å². The van der Waals surface area contributed by atoms with Crippen LogP contribution in [0.15, 0.2) is 16.7 Å². The maximum absolute atomic E-state index is 5.86. The quantitative estimate of drug-likeness (QED) is 0.568. The first-order valence-corrected chi connectivity index (χ1v) is 6.42. The van der Waals surface area contributed by atoms with Gasteiger partial charge in [0.1, 0.15) is 6.61 Å². The minimum atomic E-state index is 0.372. The van der Waals surface area contributed by atoms with Gasteiger partial charge >= 0.3 is 0 Å². The van der Waals surface area contributed by atoms with Gasteiger partial charge in [0, 0.05) is 17.3 Å². The highest BCUT2D eigenvalue weighted by atomic mass is 79.9. The molecule has 0 unspecified atom stereocenters. The molecule has 0 saturated heterocycles. The highest BCUT2D eigenvalue weighted by molar-refractivity contribution is 9.10. The summed E-state index contributed by atoms with van der Waals surface area (Å²) in [6, 6.07) is 1.79. The molecule has 3 nitrogen and oxygen atoms in total. The highest BCUT2D eigenvalue weighted by Crippen LogP contribution is 2.25. The largest absolute Gasteiger partial charge is 0.488 e. The van der Waals surface area contributed by atoms with Crippen LogP contribution < -0.4 is 4.74 Å². The van der Waals surface area contributed by atoms with E-state index in [0.717, 1.165) is 23.9 Å². The molecular weight excluding hydrogens is 293 g/mol. The Labute approximate surface area is 109 Å². The summed E-state index contributed by atoms with van der Waals surface area (Å²) in [6.45, 7) is 3.97. The van der Waals surface area contributed by atoms with E-state index in [9.17, 15) is 0 Å². The summed E-state index contributed by atoms with van der Waals surface area (Å²) in [5, 5.41) is 0.372. The zero-order chi connectivity index (χ0) is 11.8. The summed E-state index contributed by atoms with van der Waals surface area (Å²) < 4.78 is 11.7. The van der Waals surface area contributed by atoms with Crippen molar-refractivity contribution >= 4 is 27.5 Å². The van der Waals surface area contributed by atoms with Gasteiger partial charge in [-0.1, -0.05) is 24.9 Å². The molecule has 0 amide bonds. The Morgan fingerprint density at radius 3 is 2.94 bits per heavy atom. The van der Waals surface area contributed by atoms with Gasteiger partial charge in [-0.15, -0.1) is 0 Å². The molecule has 0 saturated carbocycles. The van der Waals surface area contributed by atoms with Crippen molar-refractivity contribution in [1.82, 2.24) is 4.98 Å². The van der Waals surface area contributed by atoms with Crippen LogP contribution in [0.2, 0.25) is 5.15 Å². The topological polar surface area (TPSA) is 31.4 Å². The van der Waals surface area contributed by atoms with Gasteiger partial charge in [-0.25, -0.2) is 4.98 Å². The standard InChI is InChI=1S/C11H15BrClNO2/c1-2-3-4-15-5-6-16-10-7-9(12)8-14-11(10)13/h7-8H,2-6H2,1H3. The molecule has 1 aromatic heterocycles. The third-order valence-electron chi connectivity index (χ3n) is 1.90. The van der Waals surface area contributed by atoms with Crippen molar-refractivity contribution in [2.45, 2.75) is 19.8 Å². The Balaban J connectivity index is 2.23. The predicted octanol–water partition coefficient (Wildman–Crippen LogP) is 3.69. The Morgan fingerprint density at radius 1 is 1.38 bits per heavy atom. The first-order chi connectivity index (χ1) is 7.74. The average Bonchev–Trinajstić information content (AvgIpc) is 2.28. The van der Waals surface area contributed by atoms with Gasteiger partial charge in [0.15, 0.2) is 10.9 Å². The van der Waals surface area contributed by atoms with Gasteiger partial charge in [-0.2, -0.15) is 0 Å². The fourth-order valence-corrected chi connectivity index (χ4v) is 1.53. The number of ether oxygens (including phenoxy) is 2. The summed E-state index contributed by atoms with van der Waals surface area (Å²) in [5.74, 6) is 0.579. The van der Waals surface area contributed by atoms with Crippen molar-refractivity contribution in [2.75, 3.05) is 19.8 Å². The maximum Gasteiger partial charge on any atom is 0.171 e. The van der Waals surface area contributed by atoms with E-state index in [-0.39, 0.29) is 0 Å². The molecule has 0 aliphatic heterocycles. The molecule has 5 heteroatoms. The first-order valence-electron chi connectivity index (χ1n) is 5.25. The molecule has 1 heterocycles. The third kappa shape index (κ3) is 5.14. The number of hydrogen-bond acceptors (Lipinski definition) is 3. The Morgan fingerprint density at radius 2 is 2.19 bits per heavy atom. The first kappa shape index (κ1) is 13.7. The van der Waals surface area contributed by atoms with Crippen LogP contribution in [0.3, 0.4) is 0 Å². The van der Waals surface area contributed by atoms with Crippen LogP contribution in [-0.2, 0) is 4.74 Å². The number of halogens is 2. The molecule has 0 atom stereocenters. The molecule has 0 radical (unpaired) electrons. The minimum absolute atomic E-state index is 0.372. The van der Waals surface area contributed by atoms with Gasteiger partial charge < -0.3 is 9.47 Å². The van der Waals surface area contributed by atoms with E-state index in [1.54, 1.807) is 12.3 Å². The molecule has 0 aliphatic carbocycles. The number of hydrogen-bond donors (Lipinski definition) is 0. The summed E-state index contributed by atoms with van der Waals surface area (Å²) >= 11 is 9.17. The molecule has 16 heavy (non-hydrogen) atoms. The van der Waals surface area contributed by atoms with Gasteiger partial charge in [0.05, 0.1) is 6.61 Å². The Bertz CT molecular complexity index is 323. The molecule has 0 bridgehead atoms. The van der Waals surface area contributed by atoms with E-state index in [0.29, 0.717) is 24.1 Å². The molecule has 1 aromatic rings. The SMILES string of the molecule is CCCCOCCOc1cc(Br)cnc1Cl. The zero-order valence-electron chi connectivity index (χ0n) is 9.21. The number of nitrogens with zero attached hydrogens (tertiary/aromatic N) is 1. The van der Waals surface area contributed by atoms with Crippen LogP contribution in [0.25, 0.3) is 0 Å². The second kappa shape index (κ2) is 7.87. The van der Waals surface area contributed by atoms with E-state index in [2.05, 4.69) is 27.8 Å². The smallest absolute Gasteiger partial charge is 0.171 e. The lowest BCUT2D eigenvalue weighted by Gasteiger charge is -2.08. The molecule has 0 spiro atoms. The lowest BCUT2D eigenvalue weighted by Crippen LogP contribution is -2.07. The molecular formula is C11H15BrClNO2. The maximum atomic E-state index is 5.86. The van der Waals surface area contributed by atoms with E-state index < -0.39 is 0 Å². The van der Waals surface area contributed by atoms with Crippen molar-refractivity contribution in [3.05, 3.63) is 21.9 Å². The van der Waals surface area contributed by atoms with Crippen LogP contribution in [0, 0.1) is 0 Å². The van der Waals surface area contributed by atoms with Gasteiger partial charge in [-0.05, 0) is 28.4 Å². The number of rotatable bonds is 7. The van der Waals surface area contributed by atoms with E-state index >= 15 is 0 Å². The van der Waals surface area contributed by atoms with Crippen LogP contribution in [0.5, 0.6) is 5.75 Å². The Hall–Kier alpha value is -0.320. The van der Waals surface area contributed by atoms with Crippen molar-refractivity contribution in [3.8, 4) is 5.75 Å². The third-order valence-corrected chi connectivity index (χ3v) is 2.62. The Kier molecular flexibility index (Phi) is 6.76. The van der Waals surface area contributed by atoms with E-state index in [1.165, 1.54) is 0 Å². The van der Waals surface area contributed by atoms with Gasteiger partial charge in [-0.3, -0.25) is 0 Å². The molecule has 0 aliphatic rings. The van der Waals surface area contributed by atoms with Gasteiger partial charge in [0.2, 0.25) is 0 Å². The number of unbranched alkanes of at least 4 members (excludes halogenated alkanes) is 1. The van der Waals surface area contributed by atoms with Crippen molar-refractivity contribution < 1.29 is 9.47 Å². The lowest BCUT2D eigenvalue weighted by molar-refractivity contribution is 0.0979. The van der Waals surface area contributed by atoms with Crippen LogP contribution >= 0.6 is 27.5 Å². The summed E-state index contributed by atoms with van der Waals surface area (Å²) in [4.78, 5) is 3.96. The molecule has 0 fully saturated rings. The summed E-state index contributed by atoms with van der Waals surface area (Å²) in [6.07, 6.45) is 3.86. The minimum Gasteiger partial charge on any atom is -0.488 e. The fourth-order valence-electron chi connectivity index (χ4n) is 1.06. The highest BCUT2D eigenvalue weighted by Gasteiger charge is 2.03. The number of aromatic nitrogens is 1. The van der Waals surface area contributed by atoms with E-state index in [4.69, 9.17) is 21.1 Å². The van der Waals surface area contributed by atoms with Crippen molar-refractivity contribution in [3.63, 3.8) is 0 Å². The van der Waals surface area contributed by atoms with E-state index in [1.807, 2.05) is 0 Å².